The first-order valence-corrected chi connectivity index (χ1v) is 8.96. The van der Waals surface area contributed by atoms with Crippen LogP contribution in [-0.2, 0) is 4.74 Å². The fourth-order valence-corrected chi connectivity index (χ4v) is 3.05. The Morgan fingerprint density at radius 3 is 2.68 bits per heavy atom. The van der Waals surface area contributed by atoms with E-state index in [1.165, 1.54) is 26.5 Å². The number of hydrogen-bond donors (Lipinski definition) is 1. The van der Waals surface area contributed by atoms with Gasteiger partial charge in [0.05, 0.1) is 37.2 Å². The summed E-state index contributed by atoms with van der Waals surface area (Å²) in [7, 11) is 2.69. The number of nitro groups is 1. The topological polar surface area (TPSA) is 125 Å². The number of ether oxygens (including phenoxy) is 3. The van der Waals surface area contributed by atoms with Gasteiger partial charge in [-0.3, -0.25) is 15.5 Å². The van der Waals surface area contributed by atoms with Crippen LogP contribution in [0.5, 0.6) is 11.5 Å². The molecule has 0 radical (unpaired) electrons. The van der Waals surface area contributed by atoms with E-state index in [9.17, 15) is 14.9 Å². The number of hydrazone groups is 1. The molecule has 1 aromatic heterocycles. The first-order valence-electron chi connectivity index (χ1n) is 8.14. The van der Waals surface area contributed by atoms with Gasteiger partial charge in [0.25, 0.3) is 0 Å². The van der Waals surface area contributed by atoms with Crippen molar-refractivity contribution in [3.8, 4) is 11.5 Å². The minimum atomic E-state index is -0.544. The van der Waals surface area contributed by atoms with Crippen LogP contribution in [0.3, 0.4) is 0 Å². The second-order valence-electron chi connectivity index (χ2n) is 5.79. The summed E-state index contributed by atoms with van der Waals surface area (Å²) in [6.07, 6.45) is 1.12. The van der Waals surface area contributed by atoms with E-state index in [4.69, 9.17) is 9.47 Å². The number of thiazole rings is 1. The van der Waals surface area contributed by atoms with E-state index in [-0.39, 0.29) is 23.3 Å². The summed E-state index contributed by atoms with van der Waals surface area (Å²) in [6, 6.07) is 2.90. The number of carbonyl (C=O) groups is 1. The standard InChI is InChI=1S/C17H20N4O6S/c1-9(2)27-14-12(21(23)24)6-11(7-13(14)25-4)8-18-20-17-19-10(3)15(28-17)16(22)26-5/h6-9H,1-5H3,(H,19,20)/b18-8-. The van der Waals surface area contributed by atoms with E-state index in [0.717, 1.165) is 11.3 Å². The number of benzene rings is 1. The third kappa shape index (κ3) is 4.94. The van der Waals surface area contributed by atoms with Gasteiger partial charge < -0.3 is 14.2 Å². The Kier molecular flexibility index (Phi) is 6.88. The Morgan fingerprint density at radius 2 is 2.11 bits per heavy atom. The molecular weight excluding hydrogens is 388 g/mol. The maximum Gasteiger partial charge on any atom is 0.350 e. The Bertz CT molecular complexity index is 909. The number of nitro benzene ring substituents is 1. The number of nitrogens with zero attached hydrogens (tertiary/aromatic N) is 3. The molecule has 10 nitrogen and oxygen atoms in total. The molecule has 150 valence electrons. The lowest BCUT2D eigenvalue weighted by Gasteiger charge is -2.14. The lowest BCUT2D eigenvalue weighted by Crippen LogP contribution is -2.09. The number of anilines is 1. The molecule has 0 unspecified atom stereocenters. The van der Waals surface area contributed by atoms with Gasteiger partial charge in [0, 0.05) is 11.6 Å². The van der Waals surface area contributed by atoms with Gasteiger partial charge in [0.15, 0.2) is 5.75 Å². The zero-order valence-corrected chi connectivity index (χ0v) is 16.8. The average molecular weight is 408 g/mol. The van der Waals surface area contributed by atoms with E-state index in [0.29, 0.717) is 21.3 Å². The molecule has 0 amide bonds. The third-order valence-electron chi connectivity index (χ3n) is 3.37. The summed E-state index contributed by atoms with van der Waals surface area (Å²) in [4.78, 5) is 27.0. The molecule has 28 heavy (non-hydrogen) atoms. The second kappa shape index (κ2) is 9.13. The van der Waals surface area contributed by atoms with Crippen LogP contribution >= 0.6 is 11.3 Å². The van der Waals surface area contributed by atoms with Gasteiger partial charge in [-0.15, -0.1) is 0 Å². The fraction of sp³-hybridized carbons (Fsp3) is 0.353. The first kappa shape index (κ1) is 21.1. The first-order chi connectivity index (χ1) is 13.3. The van der Waals surface area contributed by atoms with Crippen molar-refractivity contribution < 1.29 is 23.9 Å². The van der Waals surface area contributed by atoms with Crippen molar-refractivity contribution in [1.29, 1.82) is 0 Å². The van der Waals surface area contributed by atoms with Gasteiger partial charge in [-0.2, -0.15) is 5.10 Å². The molecule has 0 aliphatic carbocycles. The van der Waals surface area contributed by atoms with Crippen LogP contribution in [0.4, 0.5) is 10.8 Å². The predicted octanol–water partition coefficient (Wildman–Crippen LogP) is 3.39. The van der Waals surface area contributed by atoms with Gasteiger partial charge in [-0.25, -0.2) is 9.78 Å². The molecule has 1 N–H and O–H groups in total. The zero-order valence-electron chi connectivity index (χ0n) is 16.0. The maximum absolute atomic E-state index is 11.6. The average Bonchev–Trinajstić information content (AvgIpc) is 3.01. The number of aromatic nitrogens is 1. The number of hydrogen-bond acceptors (Lipinski definition) is 10. The molecule has 11 heteroatoms. The van der Waals surface area contributed by atoms with Crippen LogP contribution in [0, 0.1) is 17.0 Å². The van der Waals surface area contributed by atoms with Crippen LogP contribution in [-0.4, -0.2) is 42.4 Å². The molecule has 0 atom stereocenters. The van der Waals surface area contributed by atoms with Gasteiger partial charge >= 0.3 is 11.7 Å². The molecule has 1 heterocycles. The smallest absolute Gasteiger partial charge is 0.350 e. The van der Waals surface area contributed by atoms with Crippen LogP contribution in [0.2, 0.25) is 0 Å². The second-order valence-corrected chi connectivity index (χ2v) is 6.79. The highest BCUT2D eigenvalue weighted by Gasteiger charge is 2.23. The summed E-state index contributed by atoms with van der Waals surface area (Å²) < 4.78 is 15.4. The van der Waals surface area contributed by atoms with Gasteiger partial charge in [0.2, 0.25) is 10.9 Å². The fourth-order valence-electron chi connectivity index (χ4n) is 2.21. The van der Waals surface area contributed by atoms with Crippen LogP contribution in [0.25, 0.3) is 0 Å². The quantitative estimate of drug-likeness (QED) is 0.305. The van der Waals surface area contributed by atoms with Crippen LogP contribution in [0.1, 0.15) is 34.8 Å². The van der Waals surface area contributed by atoms with E-state index >= 15 is 0 Å². The SMILES string of the molecule is COC(=O)c1sc(N/N=C\c2cc(OC)c(OC(C)C)c([N+](=O)[O-])c2)nc1C. The molecule has 2 aromatic rings. The number of esters is 1. The molecule has 0 bridgehead atoms. The Balaban J connectivity index is 2.27. The molecule has 2 rings (SSSR count). The summed E-state index contributed by atoms with van der Waals surface area (Å²) in [5, 5.41) is 15.8. The summed E-state index contributed by atoms with van der Waals surface area (Å²) >= 11 is 1.09. The molecular formula is C17H20N4O6S. The monoisotopic (exact) mass is 408 g/mol. The number of nitrogens with one attached hydrogen (secondary N) is 1. The van der Waals surface area contributed by atoms with Crippen LogP contribution < -0.4 is 14.9 Å². The van der Waals surface area contributed by atoms with Crippen molar-refractivity contribution in [2.75, 3.05) is 19.6 Å². The van der Waals surface area contributed by atoms with Crippen molar-refractivity contribution in [2.45, 2.75) is 26.9 Å². The van der Waals surface area contributed by atoms with Gasteiger partial charge in [-0.05, 0) is 26.8 Å². The molecule has 0 spiro atoms. The molecule has 0 saturated heterocycles. The largest absolute Gasteiger partial charge is 0.493 e. The summed E-state index contributed by atoms with van der Waals surface area (Å²) in [6.45, 7) is 5.21. The summed E-state index contributed by atoms with van der Waals surface area (Å²) in [5.74, 6) is -0.193. The van der Waals surface area contributed by atoms with Crippen molar-refractivity contribution in [3.63, 3.8) is 0 Å². The van der Waals surface area contributed by atoms with E-state index in [2.05, 4.69) is 20.2 Å². The molecule has 0 saturated carbocycles. The third-order valence-corrected chi connectivity index (χ3v) is 4.41. The summed E-state index contributed by atoms with van der Waals surface area (Å²) in [5.41, 5.74) is 3.40. The Labute approximate surface area is 165 Å². The maximum atomic E-state index is 11.6. The normalized spacial score (nSPS) is 10.9. The number of methoxy groups -OCH3 is 2. The van der Waals surface area contributed by atoms with Crippen LogP contribution in [0.15, 0.2) is 17.2 Å². The highest BCUT2D eigenvalue weighted by Crippen LogP contribution is 2.38. The highest BCUT2D eigenvalue weighted by atomic mass is 32.1. The predicted molar refractivity (Wildman–Crippen MR) is 105 cm³/mol. The minimum absolute atomic E-state index is 0.0610. The number of aryl methyl sites for hydroxylation is 1. The van der Waals surface area contributed by atoms with Crippen molar-refractivity contribution in [3.05, 3.63) is 38.4 Å². The number of carbonyl (C=O) groups excluding carboxylic acids is 1. The molecule has 0 aliphatic rings. The van der Waals surface area contributed by atoms with Crippen molar-refractivity contribution in [2.24, 2.45) is 5.10 Å². The van der Waals surface area contributed by atoms with E-state index in [1.54, 1.807) is 26.8 Å². The Hall–Kier alpha value is -3.21. The lowest BCUT2D eigenvalue weighted by atomic mass is 10.2. The Morgan fingerprint density at radius 1 is 1.39 bits per heavy atom. The number of rotatable bonds is 8. The highest BCUT2D eigenvalue weighted by molar-refractivity contribution is 7.17. The lowest BCUT2D eigenvalue weighted by molar-refractivity contribution is -0.386. The molecule has 0 fully saturated rings. The van der Waals surface area contributed by atoms with Gasteiger partial charge in [-0.1, -0.05) is 11.3 Å². The van der Waals surface area contributed by atoms with E-state index < -0.39 is 10.9 Å². The molecule has 1 aromatic carbocycles. The molecule has 0 aliphatic heterocycles. The van der Waals surface area contributed by atoms with E-state index in [1.807, 2.05) is 0 Å². The van der Waals surface area contributed by atoms with Crippen molar-refractivity contribution in [1.82, 2.24) is 4.98 Å². The van der Waals surface area contributed by atoms with Gasteiger partial charge in [0.1, 0.15) is 4.88 Å². The van der Waals surface area contributed by atoms with Crippen molar-refractivity contribution >= 4 is 34.3 Å². The minimum Gasteiger partial charge on any atom is -0.493 e. The zero-order chi connectivity index (χ0) is 20.8.